The zero-order valence-corrected chi connectivity index (χ0v) is 9.07. The number of hydrogen-bond donors (Lipinski definition) is 1. The quantitative estimate of drug-likeness (QED) is 0.775. The smallest absolute Gasteiger partial charge is 0.169 e. The number of benzene rings is 1. The van der Waals surface area contributed by atoms with Gasteiger partial charge < -0.3 is 10.5 Å². The molecule has 3 nitrogen and oxygen atoms in total. The summed E-state index contributed by atoms with van der Waals surface area (Å²) in [6.07, 6.45) is 0. The lowest BCUT2D eigenvalue weighted by atomic mass is 9.94. The number of hydrogen-bond acceptors (Lipinski definition) is 3. The van der Waals surface area contributed by atoms with Crippen LogP contribution in [0.1, 0.15) is 10.4 Å². The van der Waals surface area contributed by atoms with E-state index in [4.69, 9.17) is 10.5 Å². The molecule has 1 aromatic rings. The molecule has 1 aliphatic rings. The molecule has 1 aliphatic heterocycles. The van der Waals surface area contributed by atoms with Crippen LogP contribution in [0.25, 0.3) is 0 Å². The van der Waals surface area contributed by atoms with Gasteiger partial charge >= 0.3 is 0 Å². The van der Waals surface area contributed by atoms with E-state index in [0.717, 1.165) is 5.56 Å². The second-order valence-corrected chi connectivity index (χ2v) is 3.54. The highest BCUT2D eigenvalue weighted by Crippen LogP contribution is 2.17. The Morgan fingerprint density at radius 1 is 1.27 bits per heavy atom. The Morgan fingerprint density at radius 3 is 2.47 bits per heavy atom. The predicted octanol–water partition coefficient (Wildman–Crippen LogP) is 1.26. The molecule has 0 saturated carbocycles. The molecule has 2 N–H and O–H groups in total. The highest BCUT2D eigenvalue weighted by atomic mass is 35.5. The first-order valence-electron chi connectivity index (χ1n) is 4.71. The number of carbonyl (C=O) groups is 1. The summed E-state index contributed by atoms with van der Waals surface area (Å²) in [5, 5.41) is 0. The van der Waals surface area contributed by atoms with Crippen LogP contribution in [0, 0.1) is 5.92 Å². The topological polar surface area (TPSA) is 52.3 Å². The molecule has 0 spiro atoms. The highest BCUT2D eigenvalue weighted by Gasteiger charge is 2.31. The van der Waals surface area contributed by atoms with Crippen LogP contribution in [0.4, 0.5) is 0 Å². The summed E-state index contributed by atoms with van der Waals surface area (Å²) in [6.45, 7) is 0.943. The van der Waals surface area contributed by atoms with Crippen molar-refractivity contribution >= 4 is 18.2 Å². The van der Waals surface area contributed by atoms with E-state index in [-0.39, 0.29) is 30.2 Å². The van der Waals surface area contributed by atoms with Crippen LogP contribution in [-0.2, 0) is 4.74 Å². The SMILES string of the molecule is Cl.NC1COCC1C(=O)c1ccccc1. The molecule has 0 aromatic heterocycles. The van der Waals surface area contributed by atoms with Crippen molar-refractivity contribution in [3.63, 3.8) is 0 Å². The third kappa shape index (κ3) is 2.56. The molecule has 0 amide bonds. The number of ketones is 1. The Balaban J connectivity index is 0.00000112. The zero-order valence-electron chi connectivity index (χ0n) is 8.26. The van der Waals surface area contributed by atoms with Gasteiger partial charge in [0.25, 0.3) is 0 Å². The van der Waals surface area contributed by atoms with Crippen LogP contribution < -0.4 is 5.73 Å². The van der Waals surface area contributed by atoms with Crippen molar-refractivity contribution in [2.24, 2.45) is 11.7 Å². The van der Waals surface area contributed by atoms with E-state index >= 15 is 0 Å². The summed E-state index contributed by atoms with van der Waals surface area (Å²) < 4.78 is 5.17. The van der Waals surface area contributed by atoms with E-state index in [1.165, 1.54) is 0 Å². The van der Waals surface area contributed by atoms with Crippen LogP contribution in [0.5, 0.6) is 0 Å². The van der Waals surface area contributed by atoms with E-state index in [0.29, 0.717) is 13.2 Å². The third-order valence-electron chi connectivity index (χ3n) is 2.52. The highest BCUT2D eigenvalue weighted by molar-refractivity contribution is 5.98. The van der Waals surface area contributed by atoms with E-state index in [2.05, 4.69) is 0 Å². The average Bonchev–Trinajstić information content (AvgIpc) is 2.65. The van der Waals surface area contributed by atoms with Gasteiger partial charge in [-0.3, -0.25) is 4.79 Å². The van der Waals surface area contributed by atoms with E-state index < -0.39 is 0 Å². The fourth-order valence-electron chi connectivity index (χ4n) is 1.66. The minimum absolute atomic E-state index is 0. The summed E-state index contributed by atoms with van der Waals surface area (Å²) in [5.74, 6) is -0.0759. The first kappa shape index (κ1) is 12.2. The molecule has 0 aliphatic carbocycles. The zero-order chi connectivity index (χ0) is 9.97. The Labute approximate surface area is 95.0 Å². The van der Waals surface area contributed by atoms with Crippen molar-refractivity contribution in [2.45, 2.75) is 6.04 Å². The minimum atomic E-state index is -0.169. The summed E-state index contributed by atoms with van der Waals surface area (Å²) in [4.78, 5) is 11.9. The van der Waals surface area contributed by atoms with Crippen molar-refractivity contribution in [1.82, 2.24) is 0 Å². The summed E-state index contributed by atoms with van der Waals surface area (Å²) in [7, 11) is 0. The van der Waals surface area contributed by atoms with Gasteiger partial charge in [0.15, 0.2) is 5.78 Å². The fourth-order valence-corrected chi connectivity index (χ4v) is 1.66. The van der Waals surface area contributed by atoms with Gasteiger partial charge in [-0.25, -0.2) is 0 Å². The molecule has 2 unspecified atom stereocenters. The van der Waals surface area contributed by atoms with E-state index in [9.17, 15) is 4.79 Å². The Bertz CT molecular complexity index is 329. The molecule has 4 heteroatoms. The second-order valence-electron chi connectivity index (χ2n) is 3.54. The number of carbonyl (C=O) groups excluding carboxylic acids is 1. The molecule has 2 atom stereocenters. The molecule has 1 heterocycles. The molecule has 15 heavy (non-hydrogen) atoms. The number of nitrogens with two attached hydrogens (primary N) is 1. The van der Waals surface area contributed by atoms with Crippen molar-refractivity contribution in [3.8, 4) is 0 Å². The Morgan fingerprint density at radius 2 is 1.93 bits per heavy atom. The van der Waals surface area contributed by atoms with Crippen molar-refractivity contribution in [1.29, 1.82) is 0 Å². The van der Waals surface area contributed by atoms with Gasteiger partial charge in [-0.05, 0) is 0 Å². The van der Waals surface area contributed by atoms with Crippen LogP contribution in [-0.4, -0.2) is 25.0 Å². The average molecular weight is 228 g/mol. The summed E-state index contributed by atoms with van der Waals surface area (Å²) >= 11 is 0. The Kier molecular flexibility index (Phi) is 4.27. The molecule has 1 saturated heterocycles. The van der Waals surface area contributed by atoms with Gasteiger partial charge in [-0.15, -0.1) is 12.4 Å². The number of rotatable bonds is 2. The predicted molar refractivity (Wildman–Crippen MR) is 60.3 cm³/mol. The lowest BCUT2D eigenvalue weighted by molar-refractivity contribution is 0.0896. The molecular weight excluding hydrogens is 214 g/mol. The fraction of sp³-hybridized carbons (Fsp3) is 0.364. The standard InChI is InChI=1S/C11H13NO2.ClH/c12-10-7-14-6-9(10)11(13)8-4-2-1-3-5-8;/h1-5,9-10H,6-7,12H2;1H. The molecule has 0 radical (unpaired) electrons. The van der Waals surface area contributed by atoms with Crippen LogP contribution in [0.3, 0.4) is 0 Å². The maximum absolute atomic E-state index is 11.9. The monoisotopic (exact) mass is 227 g/mol. The number of Topliss-reactive ketones (excluding diaryl/α,β-unsaturated/α-hetero) is 1. The van der Waals surface area contributed by atoms with Crippen molar-refractivity contribution in [2.75, 3.05) is 13.2 Å². The van der Waals surface area contributed by atoms with Gasteiger partial charge in [0.1, 0.15) is 0 Å². The van der Waals surface area contributed by atoms with Gasteiger partial charge in [-0.2, -0.15) is 0 Å². The van der Waals surface area contributed by atoms with E-state index in [1.807, 2.05) is 30.3 Å². The normalized spacial score (nSPS) is 24.6. The van der Waals surface area contributed by atoms with Crippen LogP contribution in [0.2, 0.25) is 0 Å². The van der Waals surface area contributed by atoms with Gasteiger partial charge in [0, 0.05) is 11.6 Å². The maximum atomic E-state index is 11.9. The largest absolute Gasteiger partial charge is 0.379 e. The lowest BCUT2D eigenvalue weighted by Gasteiger charge is -2.11. The molecular formula is C11H14ClNO2. The maximum Gasteiger partial charge on any atom is 0.169 e. The molecule has 82 valence electrons. The van der Waals surface area contributed by atoms with Crippen LogP contribution >= 0.6 is 12.4 Å². The first-order chi connectivity index (χ1) is 6.79. The third-order valence-corrected chi connectivity index (χ3v) is 2.52. The number of halogens is 1. The molecule has 2 rings (SSSR count). The van der Waals surface area contributed by atoms with Gasteiger partial charge in [0.05, 0.1) is 19.1 Å². The summed E-state index contributed by atoms with van der Waals surface area (Å²) in [6, 6.07) is 9.08. The minimum Gasteiger partial charge on any atom is -0.379 e. The first-order valence-corrected chi connectivity index (χ1v) is 4.71. The van der Waals surface area contributed by atoms with Gasteiger partial charge in [0.2, 0.25) is 0 Å². The van der Waals surface area contributed by atoms with Crippen molar-refractivity contribution < 1.29 is 9.53 Å². The van der Waals surface area contributed by atoms with E-state index in [1.54, 1.807) is 0 Å². The summed E-state index contributed by atoms with van der Waals surface area (Å²) in [5.41, 5.74) is 6.49. The lowest BCUT2D eigenvalue weighted by Crippen LogP contribution is -2.34. The molecule has 0 bridgehead atoms. The number of ether oxygens (including phenoxy) is 1. The molecule has 1 fully saturated rings. The Hall–Kier alpha value is -0.900. The van der Waals surface area contributed by atoms with Crippen molar-refractivity contribution in [3.05, 3.63) is 35.9 Å². The van der Waals surface area contributed by atoms with Crippen LogP contribution in [0.15, 0.2) is 30.3 Å². The van der Waals surface area contributed by atoms with Gasteiger partial charge in [-0.1, -0.05) is 30.3 Å². The second kappa shape index (κ2) is 5.26. The molecule has 1 aromatic carbocycles.